The van der Waals surface area contributed by atoms with E-state index in [-0.39, 0.29) is 0 Å². The third-order valence-electron chi connectivity index (χ3n) is 3.39. The number of ether oxygens (including phenoxy) is 1. The molecule has 2 rings (SSSR count). The molecule has 1 unspecified atom stereocenters. The minimum atomic E-state index is -3.38. The van der Waals surface area contributed by atoms with Crippen LogP contribution in [-0.4, -0.2) is 39.9 Å². The first-order chi connectivity index (χ1) is 9.57. The molecule has 1 heterocycles. The van der Waals surface area contributed by atoms with E-state index in [1.165, 1.54) is 4.31 Å². The maximum absolute atomic E-state index is 12.7. The van der Waals surface area contributed by atoms with E-state index in [4.69, 9.17) is 4.74 Å². The van der Waals surface area contributed by atoms with Gasteiger partial charge in [0.2, 0.25) is 10.0 Å². The van der Waals surface area contributed by atoms with Crippen molar-refractivity contribution in [3.8, 4) is 5.75 Å². The Morgan fingerprint density at radius 2 is 2.15 bits per heavy atom. The van der Waals surface area contributed by atoms with Gasteiger partial charge in [-0.3, -0.25) is 4.31 Å². The summed E-state index contributed by atoms with van der Waals surface area (Å²) in [5.41, 5.74) is 0.647. The molecule has 0 bridgehead atoms. The van der Waals surface area contributed by atoms with Crippen LogP contribution in [0.5, 0.6) is 5.75 Å². The van der Waals surface area contributed by atoms with E-state index in [0.717, 1.165) is 6.54 Å². The van der Waals surface area contributed by atoms with Crippen LogP contribution in [0.2, 0.25) is 0 Å². The Balaban J connectivity index is 2.31. The fraction of sp³-hybridized carbons (Fsp3) is 0.571. The summed E-state index contributed by atoms with van der Waals surface area (Å²) < 4.78 is 32.6. The molecule has 1 atom stereocenters. The van der Waals surface area contributed by atoms with Gasteiger partial charge in [0.15, 0.2) is 0 Å². The Labute approximate surface area is 121 Å². The van der Waals surface area contributed by atoms with E-state index in [1.807, 2.05) is 25.1 Å². The summed E-state index contributed by atoms with van der Waals surface area (Å²) in [7, 11) is -3.38. The summed E-state index contributed by atoms with van der Waals surface area (Å²) in [4.78, 5) is 0. The zero-order valence-electron chi connectivity index (χ0n) is 12.0. The van der Waals surface area contributed by atoms with Crippen molar-refractivity contribution in [2.75, 3.05) is 30.5 Å². The second-order valence-corrected chi connectivity index (χ2v) is 7.18. The number of hydrogen-bond acceptors (Lipinski definition) is 4. The monoisotopic (exact) mass is 298 g/mol. The molecule has 0 aromatic heterocycles. The topological polar surface area (TPSA) is 58.6 Å². The van der Waals surface area contributed by atoms with Gasteiger partial charge < -0.3 is 10.1 Å². The summed E-state index contributed by atoms with van der Waals surface area (Å²) in [5.74, 6) is 0.643. The lowest BCUT2D eigenvalue weighted by Gasteiger charge is -2.27. The SMILES string of the molecule is CCNCC(C)S(=O)(=O)N1CCCOc2ccccc21. The van der Waals surface area contributed by atoms with Crippen LogP contribution in [0, 0.1) is 0 Å². The molecule has 0 fully saturated rings. The third-order valence-corrected chi connectivity index (χ3v) is 5.57. The average Bonchev–Trinajstić information content (AvgIpc) is 2.67. The molecule has 1 aromatic carbocycles. The number of hydrogen-bond donors (Lipinski definition) is 1. The van der Waals surface area contributed by atoms with Crippen molar-refractivity contribution < 1.29 is 13.2 Å². The van der Waals surface area contributed by atoms with Crippen LogP contribution in [0.15, 0.2) is 24.3 Å². The first-order valence-corrected chi connectivity index (χ1v) is 8.51. The molecule has 0 spiro atoms. The predicted molar refractivity (Wildman–Crippen MR) is 80.8 cm³/mol. The lowest BCUT2D eigenvalue weighted by molar-refractivity contribution is 0.322. The highest BCUT2D eigenvalue weighted by atomic mass is 32.2. The molecule has 1 N–H and O–H groups in total. The van der Waals surface area contributed by atoms with Crippen LogP contribution in [0.3, 0.4) is 0 Å². The number of rotatable bonds is 5. The average molecular weight is 298 g/mol. The van der Waals surface area contributed by atoms with Gasteiger partial charge >= 0.3 is 0 Å². The Hall–Kier alpha value is -1.27. The van der Waals surface area contributed by atoms with E-state index in [1.54, 1.807) is 13.0 Å². The van der Waals surface area contributed by atoms with E-state index in [0.29, 0.717) is 37.6 Å². The predicted octanol–water partition coefficient (Wildman–Crippen LogP) is 1.60. The molecule has 6 heteroatoms. The van der Waals surface area contributed by atoms with Gasteiger partial charge in [-0.25, -0.2) is 8.42 Å². The van der Waals surface area contributed by atoms with Crippen LogP contribution < -0.4 is 14.4 Å². The van der Waals surface area contributed by atoms with Gasteiger partial charge in [-0.1, -0.05) is 19.1 Å². The summed E-state index contributed by atoms with van der Waals surface area (Å²) in [6.45, 7) is 5.94. The molecule has 0 amide bonds. The van der Waals surface area contributed by atoms with Gasteiger partial charge in [0.05, 0.1) is 17.5 Å². The molecule has 1 aromatic rings. The smallest absolute Gasteiger partial charge is 0.239 e. The lowest BCUT2D eigenvalue weighted by Crippen LogP contribution is -2.42. The Kier molecular flexibility index (Phi) is 4.88. The van der Waals surface area contributed by atoms with Gasteiger partial charge in [0.25, 0.3) is 0 Å². The normalized spacial score (nSPS) is 17.0. The summed E-state index contributed by atoms with van der Waals surface area (Å²) in [5, 5.41) is 2.63. The minimum Gasteiger partial charge on any atom is -0.491 e. The van der Waals surface area contributed by atoms with E-state index < -0.39 is 15.3 Å². The zero-order chi connectivity index (χ0) is 14.6. The van der Waals surface area contributed by atoms with Crippen molar-refractivity contribution in [1.29, 1.82) is 0 Å². The van der Waals surface area contributed by atoms with Gasteiger partial charge in [-0.05, 0) is 25.6 Å². The molecule has 5 nitrogen and oxygen atoms in total. The maximum atomic E-state index is 12.7. The van der Waals surface area contributed by atoms with E-state index in [2.05, 4.69) is 5.32 Å². The van der Waals surface area contributed by atoms with Gasteiger partial charge in [0, 0.05) is 19.5 Å². The molecule has 20 heavy (non-hydrogen) atoms. The molecule has 0 aliphatic carbocycles. The Bertz CT molecular complexity index is 545. The zero-order valence-corrected chi connectivity index (χ0v) is 12.8. The summed E-state index contributed by atoms with van der Waals surface area (Å²) >= 11 is 0. The number of benzene rings is 1. The van der Waals surface area contributed by atoms with Gasteiger partial charge in [0.1, 0.15) is 5.75 Å². The van der Waals surface area contributed by atoms with Gasteiger partial charge in [-0.15, -0.1) is 0 Å². The molecule has 0 radical (unpaired) electrons. The van der Waals surface area contributed by atoms with E-state index >= 15 is 0 Å². The van der Waals surface area contributed by atoms with Crippen molar-refractivity contribution in [1.82, 2.24) is 5.32 Å². The van der Waals surface area contributed by atoms with E-state index in [9.17, 15) is 8.42 Å². The summed E-state index contributed by atoms with van der Waals surface area (Å²) in [6.07, 6.45) is 0.696. The number of nitrogens with one attached hydrogen (secondary N) is 1. The Morgan fingerprint density at radius 3 is 2.90 bits per heavy atom. The molecular weight excluding hydrogens is 276 g/mol. The quantitative estimate of drug-likeness (QED) is 0.897. The third kappa shape index (κ3) is 3.07. The van der Waals surface area contributed by atoms with Crippen LogP contribution in [-0.2, 0) is 10.0 Å². The summed E-state index contributed by atoms with van der Waals surface area (Å²) in [6, 6.07) is 7.32. The standard InChI is InChI=1S/C14H22N2O3S/c1-3-15-11-12(2)20(17,18)16-9-6-10-19-14-8-5-4-7-13(14)16/h4-5,7-8,12,15H,3,6,9-11H2,1-2H3. The highest BCUT2D eigenvalue weighted by Crippen LogP contribution is 2.33. The molecule has 112 valence electrons. The number of anilines is 1. The number of nitrogens with zero attached hydrogens (tertiary/aromatic N) is 1. The van der Waals surface area contributed by atoms with Crippen molar-refractivity contribution in [2.24, 2.45) is 0 Å². The van der Waals surface area contributed by atoms with Crippen molar-refractivity contribution >= 4 is 15.7 Å². The number of fused-ring (bicyclic) bond motifs is 1. The highest BCUT2D eigenvalue weighted by molar-refractivity contribution is 7.93. The maximum Gasteiger partial charge on any atom is 0.239 e. The minimum absolute atomic E-state index is 0.457. The molecule has 1 aliphatic rings. The van der Waals surface area contributed by atoms with Crippen molar-refractivity contribution in [2.45, 2.75) is 25.5 Å². The fourth-order valence-corrected chi connectivity index (χ4v) is 3.80. The molecule has 0 saturated carbocycles. The van der Waals surface area contributed by atoms with Crippen LogP contribution in [0.4, 0.5) is 5.69 Å². The largest absolute Gasteiger partial charge is 0.491 e. The highest BCUT2D eigenvalue weighted by Gasteiger charge is 2.31. The van der Waals surface area contributed by atoms with Gasteiger partial charge in [-0.2, -0.15) is 0 Å². The van der Waals surface area contributed by atoms with Crippen LogP contribution >= 0.6 is 0 Å². The molecular formula is C14H22N2O3S. The van der Waals surface area contributed by atoms with Crippen molar-refractivity contribution in [3.05, 3.63) is 24.3 Å². The lowest BCUT2D eigenvalue weighted by atomic mass is 10.3. The van der Waals surface area contributed by atoms with Crippen LogP contribution in [0.1, 0.15) is 20.3 Å². The number of sulfonamides is 1. The molecule has 0 saturated heterocycles. The van der Waals surface area contributed by atoms with Crippen molar-refractivity contribution in [3.63, 3.8) is 0 Å². The second kappa shape index (κ2) is 6.45. The fourth-order valence-electron chi connectivity index (χ4n) is 2.23. The first-order valence-electron chi connectivity index (χ1n) is 7.01. The second-order valence-electron chi connectivity index (χ2n) is 4.91. The first kappa shape index (κ1) is 15.1. The Morgan fingerprint density at radius 1 is 1.40 bits per heavy atom. The number of para-hydroxylation sites is 2. The van der Waals surface area contributed by atoms with Crippen LogP contribution in [0.25, 0.3) is 0 Å². The molecule has 1 aliphatic heterocycles.